The minimum Gasteiger partial charge on any atom is -0.314 e. The summed E-state index contributed by atoms with van der Waals surface area (Å²) in [4.78, 5) is 2.34. The number of rotatable bonds is 4. The van der Waals surface area contributed by atoms with Crippen LogP contribution in [0.25, 0.3) is 0 Å². The lowest BCUT2D eigenvalue weighted by Crippen LogP contribution is -2.45. The number of piperazine rings is 1. The molecule has 1 aromatic rings. The number of aryl methyl sites for hydroxylation is 1. The lowest BCUT2D eigenvalue weighted by atomic mass is 9.98. The smallest absolute Gasteiger partial charge is 0.128 e. The zero-order chi connectivity index (χ0) is 13.0. The number of hydrogen-bond acceptors (Lipinski definition) is 2. The van der Waals surface area contributed by atoms with E-state index in [-0.39, 0.29) is 36.7 Å². The molecule has 114 valence electrons. The van der Waals surface area contributed by atoms with E-state index in [2.05, 4.69) is 16.8 Å². The van der Waals surface area contributed by atoms with Gasteiger partial charge in [0.05, 0.1) is 0 Å². The van der Waals surface area contributed by atoms with Crippen LogP contribution >= 0.6 is 24.8 Å². The fraction of sp³-hybridized carbons (Fsp3) is 0.467. The van der Waals surface area contributed by atoms with Gasteiger partial charge in [-0.15, -0.1) is 31.4 Å². The highest BCUT2D eigenvalue weighted by atomic mass is 35.5. The van der Waals surface area contributed by atoms with E-state index >= 15 is 0 Å². The van der Waals surface area contributed by atoms with E-state index in [1.807, 2.05) is 25.1 Å². The van der Waals surface area contributed by atoms with Gasteiger partial charge in [0.2, 0.25) is 0 Å². The van der Waals surface area contributed by atoms with Crippen molar-refractivity contribution in [3.63, 3.8) is 0 Å². The van der Waals surface area contributed by atoms with E-state index in [0.717, 1.165) is 43.7 Å². The molecule has 0 amide bonds. The van der Waals surface area contributed by atoms with Crippen molar-refractivity contribution in [3.8, 4) is 0 Å². The molecular weight excluding hydrogens is 298 g/mol. The molecule has 1 N–H and O–H groups in total. The summed E-state index contributed by atoms with van der Waals surface area (Å²) >= 11 is 0. The maximum absolute atomic E-state index is 14.0. The van der Waals surface area contributed by atoms with E-state index in [9.17, 15) is 4.39 Å². The molecule has 2 nitrogen and oxygen atoms in total. The first-order chi connectivity index (χ1) is 8.72. The number of nitrogens with one attached hydrogen (secondary N) is 1. The van der Waals surface area contributed by atoms with Crippen molar-refractivity contribution in [2.24, 2.45) is 0 Å². The van der Waals surface area contributed by atoms with Gasteiger partial charge in [0.15, 0.2) is 0 Å². The lowest BCUT2D eigenvalue weighted by Gasteiger charge is -2.35. The van der Waals surface area contributed by atoms with Crippen molar-refractivity contribution in [1.82, 2.24) is 10.2 Å². The van der Waals surface area contributed by atoms with Gasteiger partial charge in [-0.05, 0) is 19.4 Å². The minimum atomic E-state index is -0.106. The highest BCUT2D eigenvalue weighted by Gasteiger charge is 2.23. The summed E-state index contributed by atoms with van der Waals surface area (Å²) in [5, 5.41) is 3.33. The van der Waals surface area contributed by atoms with Crippen molar-refractivity contribution in [2.45, 2.75) is 19.4 Å². The van der Waals surface area contributed by atoms with E-state index in [1.54, 1.807) is 6.07 Å². The molecule has 5 heteroatoms. The van der Waals surface area contributed by atoms with Gasteiger partial charge in [-0.25, -0.2) is 4.39 Å². The predicted molar refractivity (Wildman–Crippen MR) is 87.6 cm³/mol. The van der Waals surface area contributed by atoms with E-state index in [4.69, 9.17) is 0 Å². The third kappa shape index (κ3) is 4.74. The van der Waals surface area contributed by atoms with Crippen LogP contribution < -0.4 is 5.32 Å². The molecule has 1 heterocycles. The number of halogens is 3. The van der Waals surface area contributed by atoms with Gasteiger partial charge < -0.3 is 5.32 Å². The summed E-state index contributed by atoms with van der Waals surface area (Å²) in [7, 11) is 0. The monoisotopic (exact) mass is 320 g/mol. The Balaban J connectivity index is 0.00000180. The molecule has 0 aromatic heterocycles. The topological polar surface area (TPSA) is 15.3 Å². The molecule has 1 fully saturated rings. The van der Waals surface area contributed by atoms with Crippen LogP contribution in [0.15, 0.2) is 30.9 Å². The van der Waals surface area contributed by atoms with Gasteiger partial charge in [-0.3, -0.25) is 4.90 Å². The molecular formula is C15H23Cl2FN2. The van der Waals surface area contributed by atoms with E-state index < -0.39 is 0 Å². The second-order valence-electron chi connectivity index (χ2n) is 4.85. The maximum Gasteiger partial charge on any atom is 0.128 e. The standard InChI is InChI=1S/C15H21FN2.2ClH/c1-3-4-15(18-9-7-17-8-10-18)13-11-12(2)5-6-14(13)16;;/h3,5-6,11,15,17H,1,4,7-10H2,2H3;2*1H/t15-;;/m1../s1. The fourth-order valence-corrected chi connectivity index (χ4v) is 2.54. The normalized spacial score (nSPS) is 16.7. The Morgan fingerprint density at radius 1 is 1.35 bits per heavy atom. The average Bonchev–Trinajstić information content (AvgIpc) is 2.40. The maximum atomic E-state index is 14.0. The molecule has 0 bridgehead atoms. The zero-order valence-electron chi connectivity index (χ0n) is 11.8. The second kappa shape index (κ2) is 9.35. The molecule has 0 aliphatic carbocycles. The van der Waals surface area contributed by atoms with Crippen molar-refractivity contribution in [3.05, 3.63) is 47.8 Å². The van der Waals surface area contributed by atoms with Crippen molar-refractivity contribution in [2.75, 3.05) is 26.2 Å². The molecule has 1 aliphatic heterocycles. The van der Waals surface area contributed by atoms with Crippen LogP contribution in [-0.4, -0.2) is 31.1 Å². The molecule has 1 aromatic carbocycles. The Hall–Kier alpha value is -0.610. The molecule has 0 unspecified atom stereocenters. The predicted octanol–water partition coefficient (Wildman–Crippen LogP) is 3.50. The Bertz CT molecular complexity index is 420. The summed E-state index contributed by atoms with van der Waals surface area (Å²) in [5.41, 5.74) is 1.91. The van der Waals surface area contributed by atoms with Crippen LogP contribution in [0, 0.1) is 12.7 Å². The quantitative estimate of drug-likeness (QED) is 0.854. The zero-order valence-corrected chi connectivity index (χ0v) is 13.4. The van der Waals surface area contributed by atoms with Crippen molar-refractivity contribution in [1.29, 1.82) is 0 Å². The van der Waals surface area contributed by atoms with Crippen LogP contribution in [0.4, 0.5) is 4.39 Å². The third-order valence-corrected chi connectivity index (χ3v) is 3.49. The highest BCUT2D eigenvalue weighted by molar-refractivity contribution is 5.85. The minimum absolute atomic E-state index is 0. The molecule has 0 saturated carbocycles. The molecule has 1 aliphatic rings. The van der Waals surface area contributed by atoms with Gasteiger partial charge in [0.1, 0.15) is 5.82 Å². The first kappa shape index (κ1) is 19.4. The molecule has 2 rings (SSSR count). The Morgan fingerprint density at radius 2 is 2.00 bits per heavy atom. The summed E-state index contributed by atoms with van der Waals surface area (Å²) in [6, 6.07) is 5.47. The third-order valence-electron chi connectivity index (χ3n) is 3.49. The molecule has 0 radical (unpaired) electrons. The number of benzene rings is 1. The molecule has 1 saturated heterocycles. The van der Waals surface area contributed by atoms with Crippen molar-refractivity contribution < 1.29 is 4.39 Å². The van der Waals surface area contributed by atoms with E-state index in [1.165, 1.54) is 0 Å². The van der Waals surface area contributed by atoms with Gasteiger partial charge in [0.25, 0.3) is 0 Å². The first-order valence-corrected chi connectivity index (χ1v) is 6.54. The second-order valence-corrected chi connectivity index (χ2v) is 4.85. The van der Waals surface area contributed by atoms with Gasteiger partial charge in [-0.2, -0.15) is 0 Å². The Labute approximate surface area is 133 Å². The summed E-state index contributed by atoms with van der Waals surface area (Å²) < 4.78 is 14.0. The number of hydrogen-bond donors (Lipinski definition) is 1. The molecule has 1 atom stereocenters. The van der Waals surface area contributed by atoms with Crippen LogP contribution in [-0.2, 0) is 0 Å². The van der Waals surface area contributed by atoms with Gasteiger partial charge in [-0.1, -0.05) is 23.8 Å². The summed E-state index contributed by atoms with van der Waals surface area (Å²) in [5.74, 6) is -0.106. The largest absolute Gasteiger partial charge is 0.314 e. The van der Waals surface area contributed by atoms with E-state index in [0.29, 0.717) is 0 Å². The fourth-order valence-electron chi connectivity index (χ4n) is 2.54. The summed E-state index contributed by atoms with van der Waals surface area (Å²) in [6.07, 6.45) is 2.68. The average molecular weight is 321 g/mol. The van der Waals surface area contributed by atoms with Crippen molar-refractivity contribution >= 4 is 24.8 Å². The van der Waals surface area contributed by atoms with Gasteiger partial charge in [0, 0.05) is 37.8 Å². The number of nitrogens with zero attached hydrogens (tertiary/aromatic N) is 1. The summed E-state index contributed by atoms with van der Waals surface area (Å²) in [6.45, 7) is 9.69. The van der Waals surface area contributed by atoms with Gasteiger partial charge >= 0.3 is 0 Å². The SMILES string of the molecule is C=CC[C@H](c1cc(C)ccc1F)N1CCNCC1.Cl.Cl. The molecule has 20 heavy (non-hydrogen) atoms. The van der Waals surface area contributed by atoms with Crippen LogP contribution in [0.1, 0.15) is 23.6 Å². The lowest BCUT2D eigenvalue weighted by molar-refractivity contribution is 0.171. The highest BCUT2D eigenvalue weighted by Crippen LogP contribution is 2.28. The molecule has 0 spiro atoms. The Kier molecular flexibility index (Phi) is 9.06. The first-order valence-electron chi connectivity index (χ1n) is 6.54. The van der Waals surface area contributed by atoms with Crippen LogP contribution in [0.3, 0.4) is 0 Å². The van der Waals surface area contributed by atoms with Crippen LogP contribution in [0.2, 0.25) is 0 Å². The Morgan fingerprint density at radius 3 is 2.60 bits per heavy atom. The van der Waals surface area contributed by atoms with Crippen LogP contribution in [0.5, 0.6) is 0 Å².